The van der Waals surface area contributed by atoms with Gasteiger partial charge in [-0.05, 0) is 24.8 Å². The molecule has 2 heterocycles. The number of carbonyl (C=O) groups excluding carboxylic acids is 2. The standard InChI is InChI=1S/C20H19Cl2F3N4O4/c1-28-9-14(27-8-16(28)30)18(31)29-4-2-10(3-5-29)17(26)11-6-12(21)13(22)7-15(11)33-19(32)20(23,24)25/h6-10,17H,2-5,26H2,1H3/t17-/m1/s1. The topological polar surface area (TPSA) is 108 Å². The summed E-state index contributed by atoms with van der Waals surface area (Å²) in [6.45, 7) is 0.613. The Balaban J connectivity index is 1.75. The molecular formula is C20H19Cl2F3N4O4. The minimum Gasteiger partial charge on any atom is -0.419 e. The monoisotopic (exact) mass is 506 g/mol. The average molecular weight is 507 g/mol. The molecule has 2 aromatic rings. The number of aryl methyl sites for hydroxylation is 1. The van der Waals surface area contributed by atoms with Gasteiger partial charge in [-0.15, -0.1) is 0 Å². The molecule has 0 spiro atoms. The molecule has 1 saturated heterocycles. The first-order chi connectivity index (χ1) is 15.4. The third kappa shape index (κ3) is 5.66. The fourth-order valence-electron chi connectivity index (χ4n) is 3.53. The van der Waals surface area contributed by atoms with Crippen molar-refractivity contribution in [1.29, 1.82) is 0 Å². The lowest BCUT2D eigenvalue weighted by atomic mass is 9.85. The number of amides is 1. The van der Waals surface area contributed by atoms with Crippen LogP contribution in [0.2, 0.25) is 10.0 Å². The molecule has 178 valence electrons. The van der Waals surface area contributed by atoms with Crippen molar-refractivity contribution in [1.82, 2.24) is 14.5 Å². The summed E-state index contributed by atoms with van der Waals surface area (Å²) in [5.74, 6) is -3.43. The van der Waals surface area contributed by atoms with Crippen LogP contribution in [-0.2, 0) is 11.8 Å². The van der Waals surface area contributed by atoms with E-state index in [4.69, 9.17) is 28.9 Å². The summed E-state index contributed by atoms with van der Waals surface area (Å²) in [5, 5.41) is -0.0509. The molecule has 1 aliphatic rings. The number of hydrogen-bond acceptors (Lipinski definition) is 6. The van der Waals surface area contributed by atoms with Gasteiger partial charge in [0.1, 0.15) is 11.4 Å². The highest BCUT2D eigenvalue weighted by Crippen LogP contribution is 2.39. The van der Waals surface area contributed by atoms with Crippen LogP contribution < -0.4 is 16.0 Å². The van der Waals surface area contributed by atoms with E-state index in [0.29, 0.717) is 25.9 Å². The summed E-state index contributed by atoms with van der Waals surface area (Å²) in [6, 6.07) is 1.47. The molecule has 1 aromatic carbocycles. The van der Waals surface area contributed by atoms with Crippen LogP contribution in [0.15, 0.2) is 29.3 Å². The third-order valence-corrected chi connectivity index (χ3v) is 6.10. The third-order valence-electron chi connectivity index (χ3n) is 5.38. The van der Waals surface area contributed by atoms with Gasteiger partial charge in [0, 0.05) is 44.0 Å². The molecule has 13 heteroatoms. The average Bonchev–Trinajstić information content (AvgIpc) is 2.76. The van der Waals surface area contributed by atoms with E-state index in [0.717, 1.165) is 12.3 Å². The van der Waals surface area contributed by atoms with Crippen molar-refractivity contribution in [3.8, 4) is 5.75 Å². The first kappa shape index (κ1) is 25.0. The Morgan fingerprint density at radius 2 is 1.82 bits per heavy atom. The van der Waals surface area contributed by atoms with Gasteiger partial charge in [-0.2, -0.15) is 13.2 Å². The highest BCUT2D eigenvalue weighted by molar-refractivity contribution is 6.42. The summed E-state index contributed by atoms with van der Waals surface area (Å²) in [6.07, 6.45) is -1.95. The van der Waals surface area contributed by atoms with E-state index < -0.39 is 23.9 Å². The van der Waals surface area contributed by atoms with Crippen molar-refractivity contribution < 1.29 is 27.5 Å². The van der Waals surface area contributed by atoms with Crippen LogP contribution >= 0.6 is 23.2 Å². The quantitative estimate of drug-likeness (QED) is 0.504. The van der Waals surface area contributed by atoms with E-state index in [9.17, 15) is 27.6 Å². The molecule has 0 aliphatic carbocycles. The van der Waals surface area contributed by atoms with Crippen molar-refractivity contribution >= 4 is 35.1 Å². The second-order valence-corrected chi connectivity index (χ2v) is 8.38. The number of benzene rings is 1. The van der Waals surface area contributed by atoms with Crippen LogP contribution in [-0.4, -0.2) is 45.6 Å². The number of nitrogens with zero attached hydrogens (tertiary/aromatic N) is 3. The lowest BCUT2D eigenvalue weighted by Gasteiger charge is -2.35. The number of piperidine rings is 1. The summed E-state index contributed by atoms with van der Waals surface area (Å²) in [5.41, 5.74) is 6.19. The van der Waals surface area contributed by atoms with Crippen LogP contribution in [0.1, 0.15) is 34.9 Å². The zero-order chi connectivity index (χ0) is 24.5. The first-order valence-electron chi connectivity index (χ1n) is 9.74. The zero-order valence-electron chi connectivity index (χ0n) is 17.2. The van der Waals surface area contributed by atoms with Gasteiger partial charge >= 0.3 is 12.1 Å². The lowest BCUT2D eigenvalue weighted by Crippen LogP contribution is -2.41. The number of nitrogens with two attached hydrogens (primary N) is 1. The Bertz CT molecular complexity index is 1130. The summed E-state index contributed by atoms with van der Waals surface area (Å²) >= 11 is 11.9. The van der Waals surface area contributed by atoms with E-state index in [1.54, 1.807) is 4.90 Å². The molecule has 8 nitrogen and oxygen atoms in total. The molecule has 2 N–H and O–H groups in total. The summed E-state index contributed by atoms with van der Waals surface area (Å²) < 4.78 is 43.8. The second kappa shape index (κ2) is 9.70. The van der Waals surface area contributed by atoms with Crippen LogP contribution in [0.25, 0.3) is 0 Å². The van der Waals surface area contributed by atoms with Crippen LogP contribution in [0.5, 0.6) is 5.75 Å². The molecular weight excluding hydrogens is 488 g/mol. The van der Waals surface area contributed by atoms with Crippen molar-refractivity contribution in [2.24, 2.45) is 18.7 Å². The Morgan fingerprint density at radius 3 is 2.39 bits per heavy atom. The summed E-state index contributed by atoms with van der Waals surface area (Å²) in [7, 11) is 1.51. The molecule has 3 rings (SSSR count). The van der Waals surface area contributed by atoms with Crippen molar-refractivity contribution in [3.63, 3.8) is 0 Å². The maximum Gasteiger partial charge on any atom is 0.491 e. The molecule has 0 radical (unpaired) electrons. The second-order valence-electron chi connectivity index (χ2n) is 7.57. The smallest absolute Gasteiger partial charge is 0.419 e. The number of alkyl halides is 3. The number of hydrogen-bond donors (Lipinski definition) is 1. The van der Waals surface area contributed by atoms with Gasteiger partial charge in [-0.3, -0.25) is 9.59 Å². The highest BCUT2D eigenvalue weighted by Gasteiger charge is 2.42. The van der Waals surface area contributed by atoms with Gasteiger partial charge < -0.3 is 19.9 Å². The van der Waals surface area contributed by atoms with E-state index in [2.05, 4.69) is 9.72 Å². The van der Waals surface area contributed by atoms with Gasteiger partial charge in [0.15, 0.2) is 0 Å². The van der Waals surface area contributed by atoms with Gasteiger partial charge in [0.05, 0.1) is 16.2 Å². The SMILES string of the molecule is Cn1cc(C(=O)N2CCC([C@@H](N)c3cc(Cl)c(Cl)cc3OC(=O)C(F)(F)F)CC2)ncc1=O. The van der Waals surface area contributed by atoms with Gasteiger partial charge in [0.25, 0.3) is 11.5 Å². The van der Waals surface area contributed by atoms with E-state index in [-0.39, 0.29) is 38.7 Å². The molecule has 1 aliphatic heterocycles. The van der Waals surface area contributed by atoms with Crippen LogP contribution in [0.3, 0.4) is 0 Å². The number of aromatic nitrogens is 2. The van der Waals surface area contributed by atoms with E-state index in [1.165, 1.54) is 23.9 Å². The first-order valence-corrected chi connectivity index (χ1v) is 10.5. The molecule has 1 atom stereocenters. The maximum absolute atomic E-state index is 12.7. The largest absolute Gasteiger partial charge is 0.491 e. The minimum atomic E-state index is -5.20. The molecule has 0 bridgehead atoms. The number of halogens is 5. The Labute approximate surface area is 196 Å². The predicted octanol–water partition coefficient (Wildman–Crippen LogP) is 3.11. The number of carbonyl (C=O) groups is 2. The molecule has 33 heavy (non-hydrogen) atoms. The van der Waals surface area contributed by atoms with Crippen molar-refractivity contribution in [3.05, 3.63) is 56.2 Å². The Hall–Kier alpha value is -2.63. The summed E-state index contributed by atoms with van der Waals surface area (Å²) in [4.78, 5) is 40.9. The van der Waals surface area contributed by atoms with E-state index >= 15 is 0 Å². The lowest BCUT2D eigenvalue weighted by molar-refractivity contribution is -0.189. The normalized spacial score (nSPS) is 15.9. The Morgan fingerprint density at radius 1 is 1.21 bits per heavy atom. The predicted molar refractivity (Wildman–Crippen MR) is 113 cm³/mol. The van der Waals surface area contributed by atoms with Crippen LogP contribution in [0, 0.1) is 5.92 Å². The zero-order valence-corrected chi connectivity index (χ0v) is 18.7. The van der Waals surface area contributed by atoms with Gasteiger partial charge in [0.2, 0.25) is 0 Å². The molecule has 1 aromatic heterocycles. The maximum atomic E-state index is 12.7. The molecule has 0 unspecified atom stereocenters. The molecule has 1 amide bonds. The fourth-order valence-corrected chi connectivity index (χ4v) is 3.86. The van der Waals surface area contributed by atoms with Gasteiger partial charge in [-0.1, -0.05) is 23.2 Å². The number of rotatable bonds is 4. The Kier molecular flexibility index (Phi) is 7.35. The highest BCUT2D eigenvalue weighted by atomic mass is 35.5. The van der Waals surface area contributed by atoms with Crippen molar-refractivity contribution in [2.75, 3.05) is 13.1 Å². The van der Waals surface area contributed by atoms with Crippen molar-refractivity contribution in [2.45, 2.75) is 25.1 Å². The minimum absolute atomic E-state index is 0.0438. The number of ether oxygens (including phenoxy) is 1. The van der Waals surface area contributed by atoms with E-state index in [1.807, 2.05) is 0 Å². The molecule has 1 fully saturated rings. The van der Waals surface area contributed by atoms with Gasteiger partial charge in [-0.25, -0.2) is 9.78 Å². The molecule has 0 saturated carbocycles. The fraction of sp³-hybridized carbons (Fsp3) is 0.400. The number of esters is 1. The van der Waals surface area contributed by atoms with Crippen LogP contribution in [0.4, 0.5) is 13.2 Å². The number of likely N-dealkylation sites (tertiary alicyclic amines) is 1.